The minimum Gasteiger partial charge on any atom is -0.509 e. The van der Waals surface area contributed by atoms with Crippen molar-refractivity contribution in [2.75, 3.05) is 13.7 Å². The molecule has 1 aromatic carbocycles. The fraction of sp³-hybridized carbons (Fsp3) is 0.167. The van der Waals surface area contributed by atoms with Crippen LogP contribution in [0.2, 0.25) is 0 Å². The molecule has 0 aliphatic heterocycles. The molecule has 2 aromatic rings. The van der Waals surface area contributed by atoms with Crippen LogP contribution in [0.1, 0.15) is 5.82 Å². The van der Waals surface area contributed by atoms with E-state index < -0.39 is 18.3 Å². The molecule has 0 fully saturated rings. The van der Waals surface area contributed by atoms with Gasteiger partial charge in [-0.3, -0.25) is 0 Å². The first-order valence-corrected chi connectivity index (χ1v) is 5.23. The summed E-state index contributed by atoms with van der Waals surface area (Å²) < 4.78 is 4.56. The molecule has 0 bridgehead atoms. The number of hydrogen-bond donors (Lipinski definition) is 3. The van der Waals surface area contributed by atoms with Gasteiger partial charge < -0.3 is 19.9 Å². The van der Waals surface area contributed by atoms with Crippen LogP contribution in [0.25, 0.3) is 16.6 Å². The third-order valence-corrected chi connectivity index (χ3v) is 2.45. The zero-order chi connectivity index (χ0) is 13.1. The summed E-state index contributed by atoms with van der Waals surface area (Å²) in [6.45, 7) is -0.665. The number of ether oxygens (including phenoxy) is 1. The molecule has 0 unspecified atom stereocenters. The van der Waals surface area contributed by atoms with Crippen LogP contribution in [0.3, 0.4) is 0 Å². The Morgan fingerprint density at radius 3 is 2.78 bits per heavy atom. The number of nitrogens with zero attached hydrogens (tertiary/aromatic N) is 1. The number of aliphatic hydroxyl groups is 2. The smallest absolute Gasteiger partial charge is 0.345 e. The predicted molar refractivity (Wildman–Crippen MR) is 64.7 cm³/mol. The van der Waals surface area contributed by atoms with Crippen molar-refractivity contribution < 1.29 is 19.7 Å². The quantitative estimate of drug-likeness (QED) is 0.428. The van der Waals surface area contributed by atoms with E-state index in [1.165, 1.54) is 7.11 Å². The Hall–Kier alpha value is -2.34. The van der Waals surface area contributed by atoms with Gasteiger partial charge in [-0.15, -0.1) is 0 Å². The van der Waals surface area contributed by atoms with E-state index in [1.807, 2.05) is 6.07 Å². The number of aliphatic hydroxyl groups excluding tert-OH is 2. The number of fused-ring (bicyclic) bond motifs is 1. The molecule has 94 valence electrons. The highest BCUT2D eigenvalue weighted by Crippen LogP contribution is 2.20. The van der Waals surface area contributed by atoms with Gasteiger partial charge in [0.25, 0.3) is 0 Å². The first-order valence-electron chi connectivity index (χ1n) is 5.23. The van der Waals surface area contributed by atoms with Crippen molar-refractivity contribution in [2.45, 2.75) is 0 Å². The van der Waals surface area contributed by atoms with Crippen molar-refractivity contribution in [3.05, 3.63) is 35.8 Å². The van der Waals surface area contributed by atoms with Crippen LogP contribution in [0.5, 0.6) is 0 Å². The van der Waals surface area contributed by atoms with E-state index in [4.69, 9.17) is 5.11 Å². The summed E-state index contributed by atoms with van der Waals surface area (Å²) in [6.07, 6.45) is 0. The maximum Gasteiger partial charge on any atom is 0.345 e. The second kappa shape index (κ2) is 4.89. The molecule has 0 atom stereocenters. The van der Waals surface area contributed by atoms with Crippen molar-refractivity contribution in [3.63, 3.8) is 0 Å². The van der Waals surface area contributed by atoms with E-state index in [2.05, 4.69) is 14.7 Å². The van der Waals surface area contributed by atoms with Crippen LogP contribution in [0.4, 0.5) is 0 Å². The molecule has 0 aliphatic carbocycles. The lowest BCUT2D eigenvalue weighted by molar-refractivity contribution is -0.133. The number of H-pyrrole nitrogens is 1. The summed E-state index contributed by atoms with van der Waals surface area (Å²) in [5.41, 5.74) is 1.20. The average molecular weight is 248 g/mol. The molecule has 1 heterocycles. The van der Waals surface area contributed by atoms with Crippen LogP contribution in [0.15, 0.2) is 30.0 Å². The Morgan fingerprint density at radius 2 is 2.17 bits per heavy atom. The number of carbonyl (C=O) groups is 1. The molecule has 3 N–H and O–H groups in total. The molecular formula is C12H12N2O4. The molecule has 2 rings (SSSR count). The Labute approximate surface area is 103 Å². The first-order chi connectivity index (χ1) is 8.67. The van der Waals surface area contributed by atoms with Crippen molar-refractivity contribution in [1.82, 2.24) is 9.97 Å². The Balaban J connectivity index is 2.58. The fourth-order valence-electron chi connectivity index (χ4n) is 1.60. The molecule has 0 saturated carbocycles. The number of imidazole rings is 1. The first kappa shape index (κ1) is 12.1. The SMILES string of the molecule is COC(=O)C(=C(O)CO)c1nc2ccccc2[nH]1. The average Bonchev–Trinajstić information content (AvgIpc) is 2.81. The molecule has 0 radical (unpaired) electrons. The normalized spacial score (nSPS) is 12.3. The second-order valence-corrected chi connectivity index (χ2v) is 3.57. The van der Waals surface area contributed by atoms with Gasteiger partial charge in [0, 0.05) is 0 Å². The van der Waals surface area contributed by atoms with Crippen LogP contribution >= 0.6 is 0 Å². The second-order valence-electron chi connectivity index (χ2n) is 3.57. The number of para-hydroxylation sites is 2. The minimum atomic E-state index is -0.763. The monoisotopic (exact) mass is 248 g/mol. The summed E-state index contributed by atoms with van der Waals surface area (Å²) >= 11 is 0. The number of aromatic amines is 1. The Bertz CT molecular complexity index is 582. The van der Waals surface area contributed by atoms with Crippen LogP contribution in [-0.4, -0.2) is 39.9 Å². The minimum absolute atomic E-state index is 0.162. The molecule has 0 amide bonds. The van der Waals surface area contributed by atoms with Crippen molar-refractivity contribution in [3.8, 4) is 0 Å². The molecule has 1 aromatic heterocycles. The van der Waals surface area contributed by atoms with Crippen LogP contribution in [0, 0.1) is 0 Å². The molecule has 0 saturated heterocycles. The van der Waals surface area contributed by atoms with E-state index in [0.29, 0.717) is 5.52 Å². The number of rotatable bonds is 3. The molecule has 6 nitrogen and oxygen atoms in total. The van der Waals surface area contributed by atoms with Crippen molar-refractivity contribution in [2.24, 2.45) is 0 Å². The maximum atomic E-state index is 11.6. The van der Waals surface area contributed by atoms with Gasteiger partial charge in [-0.05, 0) is 12.1 Å². The molecule has 0 aliphatic rings. The number of methoxy groups -OCH3 is 1. The van der Waals surface area contributed by atoms with E-state index in [1.54, 1.807) is 18.2 Å². The standard InChI is InChI=1S/C12H12N2O4/c1-18-12(17)10(9(16)6-15)11-13-7-4-2-3-5-8(7)14-11/h2-5,15-16H,6H2,1H3,(H,13,14). The third kappa shape index (κ3) is 2.05. The number of benzene rings is 1. The summed E-state index contributed by atoms with van der Waals surface area (Å²) in [5.74, 6) is -1.09. The van der Waals surface area contributed by atoms with E-state index in [0.717, 1.165) is 5.52 Å². The van der Waals surface area contributed by atoms with Gasteiger partial charge in [-0.25, -0.2) is 9.78 Å². The van der Waals surface area contributed by atoms with E-state index in [9.17, 15) is 9.90 Å². The summed E-state index contributed by atoms with van der Waals surface area (Å²) in [5, 5.41) is 18.5. The van der Waals surface area contributed by atoms with Gasteiger partial charge in [0.2, 0.25) is 0 Å². The van der Waals surface area contributed by atoms with Gasteiger partial charge in [0.15, 0.2) is 0 Å². The van der Waals surface area contributed by atoms with E-state index >= 15 is 0 Å². The molecule has 18 heavy (non-hydrogen) atoms. The Kier molecular flexibility index (Phi) is 3.29. The highest BCUT2D eigenvalue weighted by atomic mass is 16.5. The van der Waals surface area contributed by atoms with Gasteiger partial charge >= 0.3 is 5.97 Å². The van der Waals surface area contributed by atoms with Crippen LogP contribution < -0.4 is 0 Å². The summed E-state index contributed by atoms with van der Waals surface area (Å²) in [4.78, 5) is 18.6. The molecule has 6 heteroatoms. The summed E-state index contributed by atoms with van der Waals surface area (Å²) in [6, 6.07) is 7.18. The number of aromatic nitrogens is 2. The highest BCUT2D eigenvalue weighted by molar-refractivity contribution is 6.16. The lowest BCUT2D eigenvalue weighted by atomic mass is 10.2. The predicted octanol–water partition coefficient (Wildman–Crippen LogP) is 0.997. The van der Waals surface area contributed by atoms with Crippen molar-refractivity contribution in [1.29, 1.82) is 0 Å². The zero-order valence-electron chi connectivity index (χ0n) is 9.67. The number of hydrogen-bond acceptors (Lipinski definition) is 5. The third-order valence-electron chi connectivity index (χ3n) is 2.45. The number of esters is 1. The lowest BCUT2D eigenvalue weighted by Crippen LogP contribution is -2.10. The lowest BCUT2D eigenvalue weighted by Gasteiger charge is -2.04. The fourth-order valence-corrected chi connectivity index (χ4v) is 1.60. The summed E-state index contributed by atoms with van der Waals surface area (Å²) in [7, 11) is 1.19. The van der Waals surface area contributed by atoms with Gasteiger partial charge in [0.05, 0.1) is 18.1 Å². The topological polar surface area (TPSA) is 95.4 Å². The Morgan fingerprint density at radius 1 is 1.44 bits per heavy atom. The maximum absolute atomic E-state index is 11.6. The van der Waals surface area contributed by atoms with Crippen LogP contribution in [-0.2, 0) is 9.53 Å². The van der Waals surface area contributed by atoms with Crippen molar-refractivity contribution >= 4 is 22.6 Å². The zero-order valence-corrected chi connectivity index (χ0v) is 9.67. The molecular weight excluding hydrogens is 236 g/mol. The van der Waals surface area contributed by atoms with Gasteiger partial charge in [0.1, 0.15) is 23.8 Å². The number of carbonyl (C=O) groups excluding carboxylic acids is 1. The van der Waals surface area contributed by atoms with E-state index in [-0.39, 0.29) is 11.4 Å². The van der Waals surface area contributed by atoms with Gasteiger partial charge in [-0.1, -0.05) is 12.1 Å². The largest absolute Gasteiger partial charge is 0.509 e. The molecule has 0 spiro atoms. The van der Waals surface area contributed by atoms with Gasteiger partial charge in [-0.2, -0.15) is 0 Å². The highest BCUT2D eigenvalue weighted by Gasteiger charge is 2.21. The number of nitrogens with one attached hydrogen (secondary N) is 1.